The van der Waals surface area contributed by atoms with Crippen molar-refractivity contribution in [3.63, 3.8) is 0 Å². The molecule has 3 heteroatoms. The van der Waals surface area contributed by atoms with E-state index in [2.05, 4.69) is 29.4 Å². The van der Waals surface area contributed by atoms with Gasteiger partial charge in [0.15, 0.2) is 0 Å². The molecule has 0 bridgehead atoms. The van der Waals surface area contributed by atoms with Crippen LogP contribution in [0.15, 0.2) is 73.3 Å². The lowest BCUT2D eigenvalue weighted by Gasteiger charge is -2.13. The first kappa shape index (κ1) is 13.2. The van der Waals surface area contributed by atoms with Crippen LogP contribution in [0.5, 0.6) is 5.75 Å². The fraction of sp³-hybridized carbons (Fsp3) is 0.0556. The number of nitrogens with zero attached hydrogens (tertiary/aromatic N) is 2. The van der Waals surface area contributed by atoms with Crippen molar-refractivity contribution < 1.29 is 4.74 Å². The van der Waals surface area contributed by atoms with E-state index in [1.165, 1.54) is 0 Å². The minimum atomic E-state index is 0.854. The third-order valence-electron chi connectivity index (χ3n) is 3.28. The number of para-hydroxylation sites is 1. The molecule has 0 saturated carbocycles. The Morgan fingerprint density at radius 2 is 1.81 bits per heavy atom. The molecule has 0 saturated heterocycles. The van der Waals surface area contributed by atoms with Gasteiger partial charge in [0.1, 0.15) is 5.75 Å². The molecular formula is C18H16N2O. The standard InChI is InChI=1S/C18H16N2O/c1-21-18-10-6-5-9-16(18)17(13-20-12-11-19-14-20)15-7-3-2-4-8-15/h2-14H,1H3/b17-13+. The van der Waals surface area contributed by atoms with Crippen LogP contribution >= 0.6 is 0 Å². The van der Waals surface area contributed by atoms with E-state index in [4.69, 9.17) is 4.74 Å². The molecule has 21 heavy (non-hydrogen) atoms. The molecule has 0 aliphatic rings. The number of rotatable bonds is 4. The van der Waals surface area contributed by atoms with E-state index < -0.39 is 0 Å². The zero-order chi connectivity index (χ0) is 14.5. The maximum absolute atomic E-state index is 5.50. The van der Waals surface area contributed by atoms with E-state index in [0.29, 0.717) is 0 Å². The van der Waals surface area contributed by atoms with Crippen molar-refractivity contribution in [2.45, 2.75) is 0 Å². The highest BCUT2D eigenvalue weighted by atomic mass is 16.5. The smallest absolute Gasteiger partial charge is 0.126 e. The normalized spacial score (nSPS) is 11.4. The van der Waals surface area contributed by atoms with Crippen LogP contribution in [0.4, 0.5) is 0 Å². The first-order valence-corrected chi connectivity index (χ1v) is 6.76. The zero-order valence-corrected chi connectivity index (χ0v) is 11.8. The van der Waals surface area contributed by atoms with Gasteiger partial charge in [-0.3, -0.25) is 0 Å². The monoisotopic (exact) mass is 276 g/mol. The van der Waals surface area contributed by atoms with Gasteiger partial charge in [0.25, 0.3) is 0 Å². The van der Waals surface area contributed by atoms with Crippen LogP contribution in [0.1, 0.15) is 11.1 Å². The van der Waals surface area contributed by atoms with Gasteiger partial charge in [0, 0.05) is 29.7 Å². The van der Waals surface area contributed by atoms with Crippen molar-refractivity contribution >= 4 is 11.8 Å². The van der Waals surface area contributed by atoms with Crippen molar-refractivity contribution in [1.29, 1.82) is 0 Å². The fourth-order valence-electron chi connectivity index (χ4n) is 2.28. The van der Waals surface area contributed by atoms with Crippen LogP contribution in [0.3, 0.4) is 0 Å². The highest BCUT2D eigenvalue weighted by Crippen LogP contribution is 2.31. The minimum Gasteiger partial charge on any atom is -0.496 e. The number of ether oxygens (including phenoxy) is 1. The van der Waals surface area contributed by atoms with Crippen molar-refractivity contribution in [3.8, 4) is 5.75 Å². The third-order valence-corrected chi connectivity index (χ3v) is 3.28. The number of aromatic nitrogens is 2. The second-order valence-electron chi connectivity index (χ2n) is 4.62. The van der Waals surface area contributed by atoms with E-state index in [9.17, 15) is 0 Å². The Kier molecular flexibility index (Phi) is 3.83. The van der Waals surface area contributed by atoms with Crippen LogP contribution in [-0.2, 0) is 0 Å². The Hall–Kier alpha value is -2.81. The van der Waals surface area contributed by atoms with Crippen LogP contribution in [-0.4, -0.2) is 16.7 Å². The van der Waals surface area contributed by atoms with Gasteiger partial charge < -0.3 is 9.30 Å². The molecule has 3 rings (SSSR count). The molecule has 0 radical (unpaired) electrons. The lowest BCUT2D eigenvalue weighted by atomic mass is 9.98. The second kappa shape index (κ2) is 6.09. The van der Waals surface area contributed by atoms with E-state index in [-0.39, 0.29) is 0 Å². The largest absolute Gasteiger partial charge is 0.496 e. The predicted molar refractivity (Wildman–Crippen MR) is 84.9 cm³/mol. The van der Waals surface area contributed by atoms with E-state index in [1.54, 1.807) is 19.6 Å². The molecule has 3 aromatic rings. The Balaban J connectivity index is 2.17. The molecular weight excluding hydrogens is 260 g/mol. The summed E-state index contributed by atoms with van der Waals surface area (Å²) in [4.78, 5) is 4.09. The average molecular weight is 276 g/mol. The fourth-order valence-corrected chi connectivity index (χ4v) is 2.28. The molecule has 1 heterocycles. The maximum Gasteiger partial charge on any atom is 0.126 e. The number of benzene rings is 2. The summed E-state index contributed by atoms with van der Waals surface area (Å²) in [5.74, 6) is 0.854. The molecule has 2 aromatic carbocycles. The Bertz CT molecular complexity index is 731. The van der Waals surface area contributed by atoms with Gasteiger partial charge in [-0.2, -0.15) is 0 Å². The molecule has 0 amide bonds. The predicted octanol–water partition coefficient (Wildman–Crippen LogP) is 3.94. The molecule has 0 spiro atoms. The van der Waals surface area contributed by atoms with Crippen molar-refractivity contribution in [2.75, 3.05) is 7.11 Å². The summed E-state index contributed by atoms with van der Waals surface area (Å²) in [5, 5.41) is 0. The maximum atomic E-state index is 5.50. The second-order valence-corrected chi connectivity index (χ2v) is 4.62. The molecule has 1 aromatic heterocycles. The zero-order valence-electron chi connectivity index (χ0n) is 11.8. The summed E-state index contributed by atoms with van der Waals surface area (Å²) in [6.07, 6.45) is 7.51. The highest BCUT2D eigenvalue weighted by Gasteiger charge is 2.10. The topological polar surface area (TPSA) is 27.1 Å². The summed E-state index contributed by atoms with van der Waals surface area (Å²) in [6.45, 7) is 0. The van der Waals surface area contributed by atoms with Gasteiger partial charge in [-0.05, 0) is 11.6 Å². The number of hydrogen-bond donors (Lipinski definition) is 0. The summed E-state index contributed by atoms with van der Waals surface area (Å²) >= 11 is 0. The van der Waals surface area contributed by atoms with Gasteiger partial charge in [-0.1, -0.05) is 48.5 Å². The first-order chi connectivity index (χ1) is 10.4. The highest BCUT2D eigenvalue weighted by molar-refractivity contribution is 5.89. The van der Waals surface area contributed by atoms with E-state index in [0.717, 1.165) is 22.4 Å². The molecule has 0 fully saturated rings. The van der Waals surface area contributed by atoms with Crippen LogP contribution in [0.2, 0.25) is 0 Å². The lowest BCUT2D eigenvalue weighted by molar-refractivity contribution is 0.413. The number of imidazole rings is 1. The number of hydrogen-bond acceptors (Lipinski definition) is 2. The molecule has 0 unspecified atom stereocenters. The van der Waals surface area contributed by atoms with Crippen LogP contribution < -0.4 is 4.74 Å². The van der Waals surface area contributed by atoms with Gasteiger partial charge >= 0.3 is 0 Å². The Labute approximate surface area is 124 Å². The molecule has 0 atom stereocenters. The summed E-state index contributed by atoms with van der Waals surface area (Å²) in [6, 6.07) is 18.3. The Morgan fingerprint density at radius 1 is 1.05 bits per heavy atom. The average Bonchev–Trinajstić information content (AvgIpc) is 3.06. The number of methoxy groups -OCH3 is 1. The van der Waals surface area contributed by atoms with Gasteiger partial charge in [0.05, 0.1) is 13.4 Å². The quantitative estimate of drug-likeness (QED) is 0.721. The van der Waals surface area contributed by atoms with E-state index >= 15 is 0 Å². The van der Waals surface area contributed by atoms with Crippen molar-refractivity contribution in [3.05, 3.63) is 84.4 Å². The summed E-state index contributed by atoms with van der Waals surface area (Å²) in [5.41, 5.74) is 3.28. The lowest BCUT2D eigenvalue weighted by Crippen LogP contribution is -1.95. The van der Waals surface area contributed by atoms with Gasteiger partial charge in [0.2, 0.25) is 0 Å². The van der Waals surface area contributed by atoms with Crippen molar-refractivity contribution in [1.82, 2.24) is 9.55 Å². The molecule has 0 aliphatic carbocycles. The Morgan fingerprint density at radius 3 is 2.52 bits per heavy atom. The van der Waals surface area contributed by atoms with Crippen LogP contribution in [0, 0.1) is 0 Å². The molecule has 0 aliphatic heterocycles. The molecule has 3 nitrogen and oxygen atoms in total. The van der Waals surface area contributed by atoms with Gasteiger partial charge in [-0.15, -0.1) is 0 Å². The molecule has 104 valence electrons. The minimum absolute atomic E-state index is 0.854. The van der Waals surface area contributed by atoms with E-state index in [1.807, 2.05) is 47.2 Å². The van der Waals surface area contributed by atoms with Crippen LogP contribution in [0.25, 0.3) is 11.8 Å². The van der Waals surface area contributed by atoms with Gasteiger partial charge in [-0.25, -0.2) is 4.98 Å². The third kappa shape index (κ3) is 2.87. The molecule has 0 N–H and O–H groups in total. The summed E-state index contributed by atoms with van der Waals surface area (Å²) in [7, 11) is 1.69. The summed E-state index contributed by atoms with van der Waals surface area (Å²) < 4.78 is 7.44. The SMILES string of the molecule is COc1ccccc1/C(=C/n1ccnc1)c1ccccc1. The van der Waals surface area contributed by atoms with Crippen molar-refractivity contribution in [2.24, 2.45) is 0 Å². The first-order valence-electron chi connectivity index (χ1n) is 6.76.